The largest absolute Gasteiger partial charge is 0.280 e. The minimum Gasteiger partial charge on any atom is -0.280 e. The monoisotopic (exact) mass is 460 g/mol. The predicted octanol–water partition coefficient (Wildman–Crippen LogP) is 4.08. The molecule has 0 unspecified atom stereocenters. The third kappa shape index (κ3) is 4.15. The molecule has 9 heteroatoms. The van der Waals surface area contributed by atoms with E-state index in [2.05, 4.69) is 4.72 Å². The van der Waals surface area contributed by atoms with E-state index in [1.165, 1.54) is 41.6 Å². The van der Waals surface area contributed by atoms with Crippen LogP contribution in [-0.4, -0.2) is 23.4 Å². The lowest BCUT2D eigenvalue weighted by atomic mass is 10.0. The minimum absolute atomic E-state index is 0.0714. The molecule has 31 heavy (non-hydrogen) atoms. The van der Waals surface area contributed by atoms with Gasteiger partial charge in [0.2, 0.25) is 0 Å². The molecule has 0 atom stereocenters. The number of nitrogens with one attached hydrogen (secondary N) is 1. The number of nitrogens with zero attached hydrogens (tertiary/aromatic N) is 1. The zero-order valence-electron chi connectivity index (χ0n) is 16.7. The maximum absolute atomic E-state index is 13.5. The summed E-state index contributed by atoms with van der Waals surface area (Å²) in [5.41, 5.74) is 1.72. The molecule has 1 aliphatic heterocycles. The van der Waals surface area contributed by atoms with Crippen LogP contribution in [0.4, 0.5) is 15.8 Å². The van der Waals surface area contributed by atoms with Crippen LogP contribution in [0.5, 0.6) is 0 Å². The molecule has 0 saturated heterocycles. The van der Waals surface area contributed by atoms with Gasteiger partial charge in [0.25, 0.3) is 20.0 Å². The molecule has 0 bridgehead atoms. The molecule has 1 N–H and O–H groups in total. The molecule has 3 aromatic carbocycles. The van der Waals surface area contributed by atoms with Crippen LogP contribution in [0.1, 0.15) is 17.5 Å². The number of sulfonamides is 2. The first-order chi connectivity index (χ1) is 14.7. The summed E-state index contributed by atoms with van der Waals surface area (Å²) in [5.74, 6) is -0.491. The van der Waals surface area contributed by atoms with E-state index in [0.29, 0.717) is 25.1 Å². The van der Waals surface area contributed by atoms with Gasteiger partial charge < -0.3 is 0 Å². The van der Waals surface area contributed by atoms with Crippen molar-refractivity contribution in [2.45, 2.75) is 29.6 Å². The number of hydrogen-bond donors (Lipinski definition) is 1. The molecule has 0 fully saturated rings. The SMILES string of the molecule is Cc1cc(S(=O)(=O)Nc2ccc3c(c2)N(S(=O)(=O)c2ccccc2)CCC3)ccc1F. The average Bonchev–Trinajstić information content (AvgIpc) is 2.75. The Bertz CT molecular complexity index is 1340. The van der Waals surface area contributed by atoms with Crippen LogP contribution in [0.2, 0.25) is 0 Å². The number of benzene rings is 3. The molecule has 0 spiro atoms. The molecular formula is C22H21FN2O4S2. The van der Waals surface area contributed by atoms with Gasteiger partial charge >= 0.3 is 0 Å². The number of fused-ring (bicyclic) bond motifs is 1. The Morgan fingerprint density at radius 2 is 1.65 bits per heavy atom. The predicted molar refractivity (Wildman–Crippen MR) is 118 cm³/mol. The number of halogens is 1. The van der Waals surface area contributed by atoms with Crippen molar-refractivity contribution in [2.75, 3.05) is 15.6 Å². The summed E-state index contributed by atoms with van der Waals surface area (Å²) in [7, 11) is -7.75. The van der Waals surface area contributed by atoms with Crippen LogP contribution in [0, 0.1) is 12.7 Å². The van der Waals surface area contributed by atoms with E-state index in [9.17, 15) is 21.2 Å². The highest BCUT2D eigenvalue weighted by atomic mass is 32.2. The van der Waals surface area contributed by atoms with E-state index < -0.39 is 25.9 Å². The number of hydrogen-bond acceptors (Lipinski definition) is 4. The zero-order chi connectivity index (χ0) is 22.2. The van der Waals surface area contributed by atoms with Crippen LogP contribution >= 0.6 is 0 Å². The number of anilines is 2. The van der Waals surface area contributed by atoms with Crippen LogP contribution in [0.3, 0.4) is 0 Å². The maximum Gasteiger partial charge on any atom is 0.264 e. The Labute approximate surface area is 181 Å². The molecule has 162 valence electrons. The Morgan fingerprint density at radius 3 is 2.35 bits per heavy atom. The molecule has 6 nitrogen and oxygen atoms in total. The van der Waals surface area contributed by atoms with Crippen molar-refractivity contribution < 1.29 is 21.2 Å². The Hall–Kier alpha value is -2.91. The molecule has 3 aromatic rings. The van der Waals surface area contributed by atoms with Gasteiger partial charge in [0.15, 0.2) is 0 Å². The zero-order valence-corrected chi connectivity index (χ0v) is 18.4. The summed E-state index contributed by atoms with van der Waals surface area (Å²) >= 11 is 0. The summed E-state index contributed by atoms with van der Waals surface area (Å²) in [4.78, 5) is 0.105. The van der Waals surface area contributed by atoms with Crippen molar-refractivity contribution in [1.82, 2.24) is 0 Å². The average molecular weight is 461 g/mol. The van der Waals surface area contributed by atoms with Crippen molar-refractivity contribution in [2.24, 2.45) is 0 Å². The van der Waals surface area contributed by atoms with Gasteiger partial charge in [-0.25, -0.2) is 21.2 Å². The molecule has 0 saturated carbocycles. The van der Waals surface area contributed by atoms with Crippen molar-refractivity contribution in [3.05, 3.63) is 83.7 Å². The minimum atomic E-state index is -3.97. The van der Waals surface area contributed by atoms with Gasteiger partial charge in [0.1, 0.15) is 5.82 Å². The van der Waals surface area contributed by atoms with E-state index in [1.54, 1.807) is 30.3 Å². The first kappa shape index (κ1) is 21.3. The second-order valence-corrected chi connectivity index (χ2v) is 10.9. The molecule has 1 heterocycles. The normalized spacial score (nSPS) is 14.2. The lowest BCUT2D eigenvalue weighted by Gasteiger charge is -2.31. The van der Waals surface area contributed by atoms with Crippen molar-refractivity contribution in [1.29, 1.82) is 0 Å². The highest BCUT2D eigenvalue weighted by molar-refractivity contribution is 7.93. The van der Waals surface area contributed by atoms with Crippen molar-refractivity contribution in [3.63, 3.8) is 0 Å². The fourth-order valence-corrected chi connectivity index (χ4v) is 6.26. The molecule has 0 amide bonds. The summed E-state index contributed by atoms with van der Waals surface area (Å²) in [5, 5.41) is 0. The maximum atomic E-state index is 13.5. The summed E-state index contributed by atoms with van der Waals surface area (Å²) in [6, 6.07) is 16.5. The second kappa shape index (κ2) is 7.97. The van der Waals surface area contributed by atoms with Gasteiger partial charge in [-0.2, -0.15) is 0 Å². The van der Waals surface area contributed by atoms with Gasteiger partial charge in [0, 0.05) is 6.54 Å². The van der Waals surface area contributed by atoms with Gasteiger partial charge in [-0.3, -0.25) is 9.03 Å². The van der Waals surface area contributed by atoms with E-state index in [0.717, 1.165) is 11.6 Å². The van der Waals surface area contributed by atoms with E-state index in [4.69, 9.17) is 0 Å². The fourth-order valence-electron chi connectivity index (χ4n) is 3.57. The van der Waals surface area contributed by atoms with Crippen LogP contribution in [-0.2, 0) is 26.5 Å². The van der Waals surface area contributed by atoms with Gasteiger partial charge in [-0.05, 0) is 73.4 Å². The van der Waals surface area contributed by atoms with E-state index in [1.807, 2.05) is 0 Å². The summed E-state index contributed by atoms with van der Waals surface area (Å²) < 4.78 is 69.2. The highest BCUT2D eigenvalue weighted by Crippen LogP contribution is 2.34. The van der Waals surface area contributed by atoms with Crippen LogP contribution < -0.4 is 9.03 Å². The molecule has 1 aliphatic rings. The smallest absolute Gasteiger partial charge is 0.264 e. The molecule has 0 aliphatic carbocycles. The number of aryl methyl sites for hydroxylation is 2. The van der Waals surface area contributed by atoms with Crippen LogP contribution in [0.25, 0.3) is 0 Å². The third-order valence-corrected chi connectivity index (χ3v) is 8.39. The van der Waals surface area contributed by atoms with Gasteiger partial charge in [0.05, 0.1) is 21.2 Å². The molecule has 4 rings (SSSR count). The van der Waals surface area contributed by atoms with Gasteiger partial charge in [-0.1, -0.05) is 24.3 Å². The van der Waals surface area contributed by atoms with E-state index >= 15 is 0 Å². The standard InChI is InChI=1S/C22H21FN2O4S2/c1-16-14-20(11-12-21(16)23)30(26,27)24-18-10-9-17-6-5-13-25(22(17)15-18)31(28,29)19-7-3-2-4-8-19/h2-4,7-12,14-15,24H,5-6,13H2,1H3. The highest BCUT2D eigenvalue weighted by Gasteiger charge is 2.29. The fraction of sp³-hybridized carbons (Fsp3) is 0.182. The van der Waals surface area contributed by atoms with Crippen molar-refractivity contribution >= 4 is 31.4 Å². The Kier molecular flexibility index (Phi) is 5.49. The first-order valence-corrected chi connectivity index (χ1v) is 12.6. The Morgan fingerprint density at radius 1 is 0.903 bits per heavy atom. The van der Waals surface area contributed by atoms with Crippen LogP contribution in [0.15, 0.2) is 76.5 Å². The van der Waals surface area contributed by atoms with Gasteiger partial charge in [-0.15, -0.1) is 0 Å². The second-order valence-electron chi connectivity index (χ2n) is 7.35. The quantitative estimate of drug-likeness (QED) is 0.622. The topological polar surface area (TPSA) is 83.6 Å². The van der Waals surface area contributed by atoms with E-state index in [-0.39, 0.29) is 21.0 Å². The van der Waals surface area contributed by atoms with Crippen molar-refractivity contribution in [3.8, 4) is 0 Å². The Balaban J connectivity index is 1.70. The molecular weight excluding hydrogens is 439 g/mol. The lowest BCUT2D eigenvalue weighted by molar-refractivity contribution is 0.586. The third-order valence-electron chi connectivity index (χ3n) is 5.18. The summed E-state index contributed by atoms with van der Waals surface area (Å²) in [6.45, 7) is 1.79. The molecule has 0 aromatic heterocycles. The lowest BCUT2D eigenvalue weighted by Crippen LogP contribution is -2.35. The first-order valence-electron chi connectivity index (χ1n) is 9.68. The summed E-state index contributed by atoms with van der Waals surface area (Å²) in [6.07, 6.45) is 1.36. The number of rotatable bonds is 5. The molecule has 0 radical (unpaired) electrons.